The first-order valence-electron chi connectivity index (χ1n) is 4.18. The normalized spacial score (nSPS) is 12.0. The van der Waals surface area contributed by atoms with E-state index < -0.39 is 5.60 Å². The second-order valence-corrected chi connectivity index (χ2v) is 3.11. The van der Waals surface area contributed by atoms with Gasteiger partial charge < -0.3 is 14.4 Å². The molecule has 0 aliphatic carbocycles. The van der Waals surface area contributed by atoms with Crippen LogP contribution < -0.4 is 0 Å². The predicted octanol–water partition coefficient (Wildman–Crippen LogP) is 0.833. The molecule has 0 radical (unpaired) electrons. The maximum Gasteiger partial charge on any atom is 0.252 e. The molecule has 0 atom stereocenters. The Labute approximate surface area is 76.7 Å². The van der Waals surface area contributed by atoms with Crippen LogP contribution in [0.3, 0.4) is 0 Å². The Morgan fingerprint density at radius 3 is 2.69 bits per heavy atom. The Kier molecular flexibility index (Phi) is 3.00. The number of aliphatic hydroxyl groups excluding tert-OH is 1. The fourth-order valence-electron chi connectivity index (χ4n) is 0.989. The monoisotopic (exact) mass is 186 g/mol. The summed E-state index contributed by atoms with van der Waals surface area (Å²) in [6.07, 6.45) is 0. The summed E-state index contributed by atoms with van der Waals surface area (Å²) in [6, 6.07) is 0. The van der Waals surface area contributed by atoms with Gasteiger partial charge in [-0.25, -0.2) is 0 Å². The van der Waals surface area contributed by atoms with Crippen LogP contribution in [0.25, 0.3) is 0 Å². The zero-order valence-corrected chi connectivity index (χ0v) is 8.07. The van der Waals surface area contributed by atoms with Gasteiger partial charge >= 0.3 is 0 Å². The van der Waals surface area contributed by atoms with Gasteiger partial charge in [0.15, 0.2) is 0 Å². The van der Waals surface area contributed by atoms with Crippen LogP contribution in [-0.4, -0.2) is 21.9 Å². The van der Waals surface area contributed by atoms with Gasteiger partial charge in [-0.2, -0.15) is 4.98 Å². The van der Waals surface area contributed by atoms with Gasteiger partial charge in [0.2, 0.25) is 5.82 Å². The van der Waals surface area contributed by atoms with Crippen molar-refractivity contribution in [3.8, 4) is 0 Å². The summed E-state index contributed by atoms with van der Waals surface area (Å²) < 4.78 is 10.2. The van der Waals surface area contributed by atoms with E-state index in [0.717, 1.165) is 0 Å². The van der Waals surface area contributed by atoms with E-state index in [0.29, 0.717) is 12.4 Å². The fraction of sp³-hybridized carbons (Fsp3) is 0.750. The first-order valence-corrected chi connectivity index (χ1v) is 4.18. The van der Waals surface area contributed by atoms with Gasteiger partial charge in [0.1, 0.15) is 12.2 Å². The number of aliphatic hydroxyl groups is 1. The highest BCUT2D eigenvalue weighted by Gasteiger charge is 2.26. The molecule has 0 bridgehead atoms. The highest BCUT2D eigenvalue weighted by molar-refractivity contribution is 4.96. The van der Waals surface area contributed by atoms with E-state index in [1.54, 1.807) is 0 Å². The largest absolute Gasteiger partial charge is 0.387 e. The number of rotatable bonds is 4. The van der Waals surface area contributed by atoms with Crippen LogP contribution in [-0.2, 0) is 16.9 Å². The second kappa shape index (κ2) is 3.85. The molecule has 0 aliphatic heterocycles. The van der Waals surface area contributed by atoms with Crippen LogP contribution in [0.2, 0.25) is 0 Å². The maximum absolute atomic E-state index is 8.71. The van der Waals surface area contributed by atoms with E-state index >= 15 is 0 Å². The minimum absolute atomic E-state index is 0.211. The lowest BCUT2D eigenvalue weighted by Crippen LogP contribution is -2.23. The minimum atomic E-state index is -0.564. The number of hydrogen-bond donors (Lipinski definition) is 1. The predicted molar refractivity (Wildman–Crippen MR) is 44.9 cm³/mol. The van der Waals surface area contributed by atoms with Crippen LogP contribution in [0.5, 0.6) is 0 Å². The Balaban J connectivity index is 2.80. The van der Waals surface area contributed by atoms with Crippen molar-refractivity contribution in [3.05, 3.63) is 11.7 Å². The molecular weight excluding hydrogens is 172 g/mol. The Hall–Kier alpha value is -0.940. The first-order chi connectivity index (χ1) is 6.10. The van der Waals surface area contributed by atoms with Crippen LogP contribution in [0.15, 0.2) is 4.52 Å². The van der Waals surface area contributed by atoms with E-state index in [1.165, 1.54) is 0 Å². The molecule has 1 N–H and O–H groups in total. The third kappa shape index (κ3) is 2.26. The smallest absolute Gasteiger partial charge is 0.252 e. The number of aromatic nitrogens is 2. The van der Waals surface area contributed by atoms with Crippen molar-refractivity contribution in [2.45, 2.75) is 33.0 Å². The molecular formula is C8H14N2O3. The molecule has 0 fully saturated rings. The number of hydrogen-bond acceptors (Lipinski definition) is 5. The molecule has 0 unspecified atom stereocenters. The van der Waals surface area contributed by atoms with Crippen molar-refractivity contribution in [1.29, 1.82) is 0 Å². The summed E-state index contributed by atoms with van der Waals surface area (Å²) in [4.78, 5) is 3.97. The lowest BCUT2D eigenvalue weighted by molar-refractivity contribution is -0.0221. The standard InChI is InChI=1S/C8H14N2O3/c1-4-12-8(2,3)7-9-6(5-11)13-10-7/h11H,4-5H2,1-3H3. The Morgan fingerprint density at radius 1 is 1.54 bits per heavy atom. The molecule has 0 saturated heterocycles. The van der Waals surface area contributed by atoms with Crippen molar-refractivity contribution in [2.75, 3.05) is 6.61 Å². The van der Waals surface area contributed by atoms with Gasteiger partial charge in [-0.05, 0) is 20.8 Å². The summed E-state index contributed by atoms with van der Waals surface area (Å²) in [5.74, 6) is 0.668. The summed E-state index contributed by atoms with van der Waals surface area (Å²) >= 11 is 0. The Bertz CT molecular complexity index is 270. The summed E-state index contributed by atoms with van der Waals surface area (Å²) in [6.45, 7) is 5.94. The van der Waals surface area contributed by atoms with Gasteiger partial charge in [0, 0.05) is 6.61 Å². The van der Waals surface area contributed by atoms with E-state index in [1.807, 2.05) is 20.8 Å². The molecule has 0 spiro atoms. The topological polar surface area (TPSA) is 68.4 Å². The summed E-state index contributed by atoms with van der Waals surface area (Å²) in [5.41, 5.74) is -0.564. The van der Waals surface area contributed by atoms with Crippen molar-refractivity contribution < 1.29 is 14.4 Å². The molecule has 74 valence electrons. The van der Waals surface area contributed by atoms with Crippen molar-refractivity contribution in [3.63, 3.8) is 0 Å². The highest BCUT2D eigenvalue weighted by Crippen LogP contribution is 2.21. The quantitative estimate of drug-likeness (QED) is 0.754. The van der Waals surface area contributed by atoms with Crippen molar-refractivity contribution in [2.24, 2.45) is 0 Å². The molecule has 13 heavy (non-hydrogen) atoms. The van der Waals surface area contributed by atoms with Crippen LogP contribution in [0.1, 0.15) is 32.5 Å². The maximum atomic E-state index is 8.71. The minimum Gasteiger partial charge on any atom is -0.387 e. The van der Waals surface area contributed by atoms with Gasteiger partial charge in [0.25, 0.3) is 5.89 Å². The van der Waals surface area contributed by atoms with E-state index in [4.69, 9.17) is 14.4 Å². The molecule has 0 amide bonds. The Morgan fingerprint density at radius 2 is 2.23 bits per heavy atom. The zero-order chi connectivity index (χ0) is 9.90. The van der Waals surface area contributed by atoms with Gasteiger partial charge in [-0.3, -0.25) is 0 Å². The lowest BCUT2D eigenvalue weighted by atomic mass is 10.1. The molecule has 0 aliphatic rings. The van der Waals surface area contributed by atoms with E-state index in [2.05, 4.69) is 10.1 Å². The van der Waals surface area contributed by atoms with Gasteiger partial charge in [0.05, 0.1) is 0 Å². The number of ether oxygens (including phenoxy) is 1. The van der Waals surface area contributed by atoms with Gasteiger partial charge in [-0.15, -0.1) is 0 Å². The SMILES string of the molecule is CCOC(C)(C)c1noc(CO)n1. The molecule has 1 aromatic rings. The second-order valence-electron chi connectivity index (χ2n) is 3.11. The molecule has 5 nitrogen and oxygen atoms in total. The van der Waals surface area contributed by atoms with Crippen LogP contribution in [0.4, 0.5) is 0 Å². The highest BCUT2D eigenvalue weighted by atomic mass is 16.5. The average Bonchev–Trinajstić information content (AvgIpc) is 2.52. The third-order valence-electron chi connectivity index (χ3n) is 1.65. The van der Waals surface area contributed by atoms with Crippen molar-refractivity contribution >= 4 is 0 Å². The van der Waals surface area contributed by atoms with Crippen molar-refractivity contribution in [1.82, 2.24) is 10.1 Å². The summed E-state index contributed by atoms with van der Waals surface area (Å²) in [7, 11) is 0. The summed E-state index contributed by atoms with van der Waals surface area (Å²) in [5, 5.41) is 12.4. The molecule has 5 heteroatoms. The molecule has 1 heterocycles. The lowest BCUT2D eigenvalue weighted by Gasteiger charge is -2.19. The molecule has 1 aromatic heterocycles. The van der Waals surface area contributed by atoms with E-state index in [-0.39, 0.29) is 12.5 Å². The zero-order valence-electron chi connectivity index (χ0n) is 8.07. The van der Waals surface area contributed by atoms with Crippen LogP contribution >= 0.6 is 0 Å². The first kappa shape index (κ1) is 10.1. The molecule has 0 aromatic carbocycles. The van der Waals surface area contributed by atoms with E-state index in [9.17, 15) is 0 Å². The third-order valence-corrected chi connectivity index (χ3v) is 1.65. The number of nitrogens with zero attached hydrogens (tertiary/aromatic N) is 2. The average molecular weight is 186 g/mol. The van der Waals surface area contributed by atoms with Crippen LogP contribution in [0, 0.1) is 0 Å². The van der Waals surface area contributed by atoms with Gasteiger partial charge in [-0.1, -0.05) is 5.16 Å². The molecule has 0 saturated carbocycles. The fourth-order valence-corrected chi connectivity index (χ4v) is 0.989. The molecule has 1 rings (SSSR count).